The third kappa shape index (κ3) is 3.27. The van der Waals surface area contributed by atoms with E-state index in [1.54, 1.807) is 17.6 Å². The summed E-state index contributed by atoms with van der Waals surface area (Å²) in [7, 11) is 0. The lowest BCUT2D eigenvalue weighted by Gasteiger charge is -2.18. The van der Waals surface area contributed by atoms with E-state index in [-0.39, 0.29) is 18.7 Å². The van der Waals surface area contributed by atoms with Gasteiger partial charge in [-0.2, -0.15) is 0 Å². The van der Waals surface area contributed by atoms with Crippen molar-refractivity contribution >= 4 is 11.3 Å². The van der Waals surface area contributed by atoms with E-state index in [1.807, 2.05) is 37.3 Å². The third-order valence-corrected chi connectivity index (χ3v) is 4.51. The molecule has 4 nitrogen and oxygen atoms in total. The van der Waals surface area contributed by atoms with E-state index in [2.05, 4.69) is 22.8 Å². The lowest BCUT2D eigenvalue weighted by atomic mass is 10.2. The normalized spacial score (nSPS) is 13.9. The Bertz CT molecular complexity index is 695. The first-order valence-electron chi connectivity index (χ1n) is 7.19. The van der Waals surface area contributed by atoms with E-state index in [0.717, 1.165) is 22.0 Å². The van der Waals surface area contributed by atoms with Crippen molar-refractivity contribution in [1.29, 1.82) is 0 Å². The van der Waals surface area contributed by atoms with Gasteiger partial charge in [-0.3, -0.25) is 5.32 Å². The Morgan fingerprint density at radius 3 is 2.73 bits per heavy atom. The van der Waals surface area contributed by atoms with E-state index in [1.165, 1.54) is 0 Å². The number of hydrogen-bond donors (Lipinski definition) is 2. The number of rotatable bonds is 6. The summed E-state index contributed by atoms with van der Waals surface area (Å²) in [4.78, 5) is 4.69. The molecule has 114 valence electrons. The molecule has 0 fully saturated rings. The summed E-state index contributed by atoms with van der Waals surface area (Å²) in [5.41, 5.74) is 2.09. The zero-order valence-corrected chi connectivity index (χ0v) is 13.1. The molecule has 0 radical (unpaired) electrons. The summed E-state index contributed by atoms with van der Waals surface area (Å²) in [6.07, 6.45) is 1.61. The fourth-order valence-electron chi connectivity index (χ4n) is 2.32. The first-order valence-corrected chi connectivity index (χ1v) is 8.07. The molecule has 0 aliphatic rings. The monoisotopic (exact) mass is 314 g/mol. The third-order valence-electron chi connectivity index (χ3n) is 3.48. The van der Waals surface area contributed by atoms with Gasteiger partial charge in [-0.15, -0.1) is 11.3 Å². The summed E-state index contributed by atoms with van der Waals surface area (Å²) in [6, 6.07) is 13.6. The minimum Gasteiger partial charge on any atom is -0.468 e. The molecular weight excluding hydrogens is 296 g/mol. The largest absolute Gasteiger partial charge is 0.468 e. The predicted octanol–water partition coefficient (Wildman–Crippen LogP) is 3.79. The van der Waals surface area contributed by atoms with Crippen molar-refractivity contribution < 1.29 is 9.52 Å². The highest BCUT2D eigenvalue weighted by molar-refractivity contribution is 7.10. The maximum absolute atomic E-state index is 9.54. The van der Waals surface area contributed by atoms with Crippen molar-refractivity contribution in [1.82, 2.24) is 10.3 Å². The Labute approximate surface area is 133 Å². The predicted molar refractivity (Wildman–Crippen MR) is 87.6 cm³/mol. The van der Waals surface area contributed by atoms with Gasteiger partial charge in [-0.1, -0.05) is 30.3 Å². The molecule has 2 atom stereocenters. The molecule has 0 saturated heterocycles. The SMILES string of the molecule is CC(NC(CO)c1ccco1)c1nc(-c2ccccc2)cs1. The molecule has 2 aromatic heterocycles. The number of aliphatic hydroxyl groups excluding tert-OH is 1. The molecule has 2 N–H and O–H groups in total. The van der Waals surface area contributed by atoms with Crippen molar-refractivity contribution in [3.63, 3.8) is 0 Å². The molecule has 0 bridgehead atoms. The van der Waals surface area contributed by atoms with Crippen LogP contribution in [0.1, 0.15) is 29.8 Å². The maximum Gasteiger partial charge on any atom is 0.123 e. The van der Waals surface area contributed by atoms with Gasteiger partial charge in [0.25, 0.3) is 0 Å². The van der Waals surface area contributed by atoms with Gasteiger partial charge in [-0.25, -0.2) is 4.98 Å². The fourth-order valence-corrected chi connectivity index (χ4v) is 3.16. The van der Waals surface area contributed by atoms with Crippen LogP contribution in [0.4, 0.5) is 0 Å². The van der Waals surface area contributed by atoms with Crippen LogP contribution >= 0.6 is 11.3 Å². The summed E-state index contributed by atoms with van der Waals surface area (Å²) in [6.45, 7) is 2.02. The van der Waals surface area contributed by atoms with Crippen LogP contribution in [0.25, 0.3) is 11.3 Å². The molecule has 0 amide bonds. The standard InChI is InChI=1S/C17H18N2O2S/c1-12(18-14(10-20)16-8-5-9-21-16)17-19-15(11-22-17)13-6-3-2-4-7-13/h2-9,11-12,14,18,20H,10H2,1H3. The van der Waals surface area contributed by atoms with E-state index >= 15 is 0 Å². The van der Waals surface area contributed by atoms with Crippen LogP contribution in [-0.4, -0.2) is 16.7 Å². The second-order valence-electron chi connectivity index (χ2n) is 5.08. The van der Waals surface area contributed by atoms with Gasteiger partial charge in [-0.05, 0) is 19.1 Å². The number of benzene rings is 1. The highest BCUT2D eigenvalue weighted by Crippen LogP contribution is 2.27. The quantitative estimate of drug-likeness (QED) is 0.727. The average molecular weight is 314 g/mol. The van der Waals surface area contributed by atoms with Gasteiger partial charge >= 0.3 is 0 Å². The number of nitrogens with one attached hydrogen (secondary N) is 1. The Morgan fingerprint density at radius 2 is 2.05 bits per heavy atom. The van der Waals surface area contributed by atoms with Gasteiger partial charge in [0.1, 0.15) is 10.8 Å². The van der Waals surface area contributed by atoms with E-state index in [4.69, 9.17) is 9.40 Å². The number of thiazole rings is 1. The van der Waals surface area contributed by atoms with Gasteiger partial charge < -0.3 is 9.52 Å². The van der Waals surface area contributed by atoms with Crippen molar-refractivity contribution in [2.75, 3.05) is 6.61 Å². The zero-order chi connectivity index (χ0) is 15.4. The average Bonchev–Trinajstić information content (AvgIpc) is 3.24. The van der Waals surface area contributed by atoms with Crippen LogP contribution in [-0.2, 0) is 0 Å². The Kier molecular flexibility index (Phi) is 4.68. The number of aliphatic hydroxyl groups is 1. The maximum atomic E-state index is 9.54. The van der Waals surface area contributed by atoms with Crippen molar-refractivity contribution in [2.24, 2.45) is 0 Å². The van der Waals surface area contributed by atoms with Crippen LogP contribution < -0.4 is 5.32 Å². The molecule has 0 aliphatic carbocycles. The van der Waals surface area contributed by atoms with Crippen LogP contribution in [0.5, 0.6) is 0 Å². The molecule has 1 aromatic carbocycles. The number of nitrogens with zero attached hydrogens (tertiary/aromatic N) is 1. The van der Waals surface area contributed by atoms with Crippen molar-refractivity contribution in [3.8, 4) is 11.3 Å². The number of furan rings is 1. The minimum atomic E-state index is -0.228. The van der Waals surface area contributed by atoms with Gasteiger partial charge in [0.2, 0.25) is 0 Å². The minimum absolute atomic E-state index is 0.0191. The highest BCUT2D eigenvalue weighted by Gasteiger charge is 2.19. The fraction of sp³-hybridized carbons (Fsp3) is 0.235. The first kappa shape index (κ1) is 15.0. The molecule has 0 spiro atoms. The van der Waals surface area contributed by atoms with Gasteiger partial charge in [0.05, 0.1) is 30.6 Å². The second-order valence-corrected chi connectivity index (χ2v) is 5.97. The number of aromatic nitrogens is 1. The van der Waals surface area contributed by atoms with Crippen LogP contribution in [0.2, 0.25) is 0 Å². The van der Waals surface area contributed by atoms with Crippen molar-refractivity contribution in [3.05, 3.63) is 64.9 Å². The molecule has 0 aliphatic heterocycles. The molecule has 2 heterocycles. The smallest absolute Gasteiger partial charge is 0.123 e. The Morgan fingerprint density at radius 1 is 1.23 bits per heavy atom. The van der Waals surface area contributed by atoms with Crippen LogP contribution in [0.15, 0.2) is 58.5 Å². The van der Waals surface area contributed by atoms with E-state index in [0.29, 0.717) is 0 Å². The Hall–Kier alpha value is -1.95. The summed E-state index contributed by atoms with van der Waals surface area (Å²) in [5.74, 6) is 0.731. The first-order chi connectivity index (χ1) is 10.8. The van der Waals surface area contributed by atoms with Gasteiger partial charge in [0, 0.05) is 10.9 Å². The molecule has 22 heavy (non-hydrogen) atoms. The molecule has 0 saturated carbocycles. The Balaban J connectivity index is 1.73. The van der Waals surface area contributed by atoms with E-state index in [9.17, 15) is 5.11 Å². The highest BCUT2D eigenvalue weighted by atomic mass is 32.1. The summed E-state index contributed by atoms with van der Waals surface area (Å²) >= 11 is 1.62. The number of hydrogen-bond acceptors (Lipinski definition) is 5. The summed E-state index contributed by atoms with van der Waals surface area (Å²) in [5, 5.41) is 15.9. The second kappa shape index (κ2) is 6.87. The molecule has 5 heteroatoms. The summed E-state index contributed by atoms with van der Waals surface area (Å²) < 4.78 is 5.36. The lowest BCUT2D eigenvalue weighted by molar-refractivity contribution is 0.217. The molecule has 2 unspecified atom stereocenters. The molecular formula is C17H18N2O2S. The van der Waals surface area contributed by atoms with Crippen molar-refractivity contribution in [2.45, 2.75) is 19.0 Å². The van der Waals surface area contributed by atoms with Crippen LogP contribution in [0.3, 0.4) is 0 Å². The van der Waals surface area contributed by atoms with E-state index < -0.39 is 0 Å². The zero-order valence-electron chi connectivity index (χ0n) is 12.3. The van der Waals surface area contributed by atoms with Gasteiger partial charge in [0.15, 0.2) is 0 Å². The molecule has 3 aromatic rings. The lowest BCUT2D eigenvalue weighted by Crippen LogP contribution is -2.26. The van der Waals surface area contributed by atoms with Crippen LogP contribution in [0, 0.1) is 0 Å². The topological polar surface area (TPSA) is 58.3 Å². The molecule has 3 rings (SSSR count).